The Kier molecular flexibility index (Phi) is 3.76. The molecule has 92 valence electrons. The van der Waals surface area contributed by atoms with Gasteiger partial charge in [-0.25, -0.2) is 5.43 Å². The number of alkyl halides is 3. The molecule has 5 nitrogen and oxygen atoms in total. The molecule has 0 saturated heterocycles. The van der Waals surface area contributed by atoms with Crippen LogP contribution in [0, 0.1) is 5.92 Å². The van der Waals surface area contributed by atoms with Crippen molar-refractivity contribution in [2.45, 2.75) is 12.2 Å². The van der Waals surface area contributed by atoms with Crippen LogP contribution in [0.5, 0.6) is 0 Å². The molecule has 0 radical (unpaired) electrons. The summed E-state index contributed by atoms with van der Waals surface area (Å²) in [5, 5.41) is 9.38. The molecule has 4 N–H and O–H groups in total. The number of aliphatic hydroxyl groups excluding tert-OH is 1. The summed E-state index contributed by atoms with van der Waals surface area (Å²) >= 11 is 0. The molecule has 0 aromatic heterocycles. The summed E-state index contributed by atoms with van der Waals surface area (Å²) in [6, 6.07) is -2.03. The molecular weight excluding hydrogens is 227 g/mol. The number of hydrogen-bond donors (Lipinski definition) is 3. The Bertz CT molecular complexity index is 293. The predicted octanol–water partition coefficient (Wildman–Crippen LogP) is -0.655. The number of aliphatic hydroxyl groups is 1. The maximum Gasteiger partial charge on any atom is 0.412 e. The van der Waals surface area contributed by atoms with E-state index in [9.17, 15) is 18.0 Å². The minimum atomic E-state index is -4.55. The number of hydrogen-bond acceptors (Lipinski definition) is 4. The first-order chi connectivity index (χ1) is 7.36. The normalized spacial score (nSPS) is 23.2. The molecule has 0 bridgehead atoms. The highest BCUT2D eigenvalue weighted by Gasteiger charge is 2.43. The van der Waals surface area contributed by atoms with Crippen molar-refractivity contribution >= 4 is 5.91 Å². The van der Waals surface area contributed by atoms with Crippen LogP contribution in [0.15, 0.2) is 12.3 Å². The molecule has 0 spiro atoms. The summed E-state index contributed by atoms with van der Waals surface area (Å²) in [5.74, 6) is -1.25. The third kappa shape index (κ3) is 2.86. The van der Waals surface area contributed by atoms with E-state index in [1.54, 1.807) is 0 Å². The van der Waals surface area contributed by atoms with Gasteiger partial charge in [0.25, 0.3) is 0 Å². The fourth-order valence-corrected chi connectivity index (χ4v) is 1.28. The van der Waals surface area contributed by atoms with Gasteiger partial charge in [0.1, 0.15) is 0 Å². The predicted molar refractivity (Wildman–Crippen MR) is 48.6 cm³/mol. The van der Waals surface area contributed by atoms with Crippen LogP contribution in [0.25, 0.3) is 0 Å². The number of hydrazine groups is 1. The van der Waals surface area contributed by atoms with Gasteiger partial charge in [0.15, 0.2) is 6.04 Å². The number of nitrogens with zero attached hydrogens (tertiary/aromatic N) is 1. The molecule has 0 aliphatic carbocycles. The van der Waals surface area contributed by atoms with Gasteiger partial charge in [-0.05, 0) is 0 Å². The molecule has 16 heavy (non-hydrogen) atoms. The van der Waals surface area contributed by atoms with E-state index >= 15 is 0 Å². The number of primary amides is 1. The van der Waals surface area contributed by atoms with Gasteiger partial charge in [-0.1, -0.05) is 6.08 Å². The molecule has 0 aromatic carbocycles. The average Bonchev–Trinajstić information content (AvgIpc) is 2.17. The Balaban J connectivity index is 2.70. The van der Waals surface area contributed by atoms with E-state index in [4.69, 9.17) is 10.8 Å². The van der Waals surface area contributed by atoms with Crippen molar-refractivity contribution in [1.82, 2.24) is 10.4 Å². The Hall–Kier alpha value is -1.28. The van der Waals surface area contributed by atoms with Crippen LogP contribution in [0.4, 0.5) is 13.2 Å². The topological polar surface area (TPSA) is 78.6 Å². The van der Waals surface area contributed by atoms with E-state index in [0.717, 1.165) is 11.2 Å². The Morgan fingerprint density at radius 1 is 1.69 bits per heavy atom. The Morgan fingerprint density at radius 2 is 2.31 bits per heavy atom. The summed E-state index contributed by atoms with van der Waals surface area (Å²) in [7, 11) is 0. The lowest BCUT2D eigenvalue weighted by molar-refractivity contribution is -0.193. The second-order valence-corrected chi connectivity index (χ2v) is 3.36. The van der Waals surface area contributed by atoms with E-state index in [0.29, 0.717) is 0 Å². The van der Waals surface area contributed by atoms with E-state index in [-0.39, 0.29) is 6.54 Å². The number of nitrogens with two attached hydrogens (primary N) is 1. The van der Waals surface area contributed by atoms with Crippen molar-refractivity contribution in [2.24, 2.45) is 11.7 Å². The smallest absolute Gasteiger partial charge is 0.394 e. The molecule has 0 saturated carbocycles. The zero-order chi connectivity index (χ0) is 12.3. The minimum Gasteiger partial charge on any atom is -0.394 e. The second-order valence-electron chi connectivity index (χ2n) is 3.36. The third-order valence-corrected chi connectivity index (χ3v) is 2.22. The molecule has 1 amide bonds. The zero-order valence-corrected chi connectivity index (χ0v) is 8.24. The minimum absolute atomic E-state index is 0.0155. The third-order valence-electron chi connectivity index (χ3n) is 2.22. The number of carbonyl (C=O) groups excluding carboxylic acids is 1. The Morgan fingerprint density at radius 3 is 2.62 bits per heavy atom. The van der Waals surface area contributed by atoms with Gasteiger partial charge in [-0.3, -0.25) is 4.79 Å². The highest BCUT2D eigenvalue weighted by atomic mass is 19.4. The number of amides is 1. The second kappa shape index (κ2) is 4.71. The molecule has 1 rings (SSSR count). The molecule has 1 aliphatic heterocycles. The summed E-state index contributed by atoms with van der Waals surface area (Å²) in [6.07, 6.45) is -2.22. The molecule has 0 fully saturated rings. The standard InChI is InChI=1S/C8H12F3N3O2/c9-8(10,11)6(4-15)14-2-1-5(3-13-14)7(12)16/h1-2,5-6,13,15H,3-4H2,(H2,12,16). The SMILES string of the molecule is NC(=O)C1C=CN(C(CO)C(F)(F)F)NC1. The first-order valence-electron chi connectivity index (χ1n) is 4.53. The highest BCUT2D eigenvalue weighted by molar-refractivity contribution is 5.78. The van der Waals surface area contributed by atoms with Crippen LogP contribution in [-0.4, -0.2) is 41.4 Å². The van der Waals surface area contributed by atoms with Gasteiger partial charge in [-0.2, -0.15) is 13.2 Å². The van der Waals surface area contributed by atoms with Gasteiger partial charge in [0.05, 0.1) is 12.5 Å². The van der Waals surface area contributed by atoms with Crippen molar-refractivity contribution in [2.75, 3.05) is 13.2 Å². The lowest BCUT2D eigenvalue weighted by atomic mass is 10.1. The fourth-order valence-electron chi connectivity index (χ4n) is 1.28. The van der Waals surface area contributed by atoms with Crippen LogP contribution >= 0.6 is 0 Å². The lowest BCUT2D eigenvalue weighted by Gasteiger charge is -2.34. The molecule has 2 atom stereocenters. The van der Waals surface area contributed by atoms with E-state index in [1.807, 2.05) is 0 Å². The van der Waals surface area contributed by atoms with E-state index in [1.165, 1.54) is 6.08 Å². The quantitative estimate of drug-likeness (QED) is 0.611. The molecular formula is C8H12F3N3O2. The molecule has 0 aromatic rings. The van der Waals surface area contributed by atoms with Gasteiger partial charge >= 0.3 is 6.18 Å². The summed E-state index contributed by atoms with van der Waals surface area (Å²) in [4.78, 5) is 10.7. The number of halogens is 3. The maximum atomic E-state index is 12.4. The molecule has 2 unspecified atom stereocenters. The van der Waals surface area contributed by atoms with Crippen molar-refractivity contribution < 1.29 is 23.1 Å². The van der Waals surface area contributed by atoms with Crippen LogP contribution < -0.4 is 11.2 Å². The lowest BCUT2D eigenvalue weighted by Crippen LogP contribution is -2.55. The molecule has 1 aliphatic rings. The van der Waals surface area contributed by atoms with Crippen LogP contribution in [0.2, 0.25) is 0 Å². The summed E-state index contributed by atoms with van der Waals surface area (Å²) in [6.45, 7) is -1.08. The van der Waals surface area contributed by atoms with E-state index in [2.05, 4.69) is 5.43 Å². The van der Waals surface area contributed by atoms with Crippen molar-refractivity contribution in [3.05, 3.63) is 12.3 Å². The van der Waals surface area contributed by atoms with Gasteiger partial charge in [0.2, 0.25) is 5.91 Å². The van der Waals surface area contributed by atoms with Crippen molar-refractivity contribution in [3.8, 4) is 0 Å². The van der Waals surface area contributed by atoms with Crippen LogP contribution in [0.1, 0.15) is 0 Å². The van der Waals surface area contributed by atoms with Crippen molar-refractivity contribution in [1.29, 1.82) is 0 Å². The zero-order valence-electron chi connectivity index (χ0n) is 8.24. The number of rotatable bonds is 3. The number of carbonyl (C=O) groups is 1. The maximum absolute atomic E-state index is 12.4. The van der Waals surface area contributed by atoms with Crippen molar-refractivity contribution in [3.63, 3.8) is 0 Å². The van der Waals surface area contributed by atoms with Crippen LogP contribution in [0.3, 0.4) is 0 Å². The summed E-state index contributed by atoms with van der Waals surface area (Å²) < 4.78 is 37.2. The molecule has 8 heteroatoms. The summed E-state index contributed by atoms with van der Waals surface area (Å²) in [5.41, 5.74) is 7.36. The highest BCUT2D eigenvalue weighted by Crippen LogP contribution is 2.24. The first kappa shape index (κ1) is 12.8. The fraction of sp³-hybridized carbons (Fsp3) is 0.625. The average molecular weight is 239 g/mol. The van der Waals surface area contributed by atoms with Gasteiger partial charge in [-0.15, -0.1) is 0 Å². The number of nitrogens with one attached hydrogen (secondary N) is 1. The monoisotopic (exact) mass is 239 g/mol. The molecule has 1 heterocycles. The van der Waals surface area contributed by atoms with Crippen LogP contribution in [-0.2, 0) is 4.79 Å². The van der Waals surface area contributed by atoms with Gasteiger partial charge in [0, 0.05) is 12.7 Å². The van der Waals surface area contributed by atoms with E-state index < -0.39 is 30.7 Å². The Labute approximate surface area is 89.7 Å². The first-order valence-corrected chi connectivity index (χ1v) is 4.53. The largest absolute Gasteiger partial charge is 0.412 e. The van der Waals surface area contributed by atoms with Gasteiger partial charge < -0.3 is 15.8 Å².